The molecule has 164 valence electrons. The lowest BCUT2D eigenvalue weighted by Crippen LogP contribution is -2.46. The summed E-state index contributed by atoms with van der Waals surface area (Å²) in [6.07, 6.45) is 2.44. The quantitative estimate of drug-likeness (QED) is 0.355. The Balaban J connectivity index is 0.00000300. The van der Waals surface area contributed by atoms with Crippen LogP contribution < -0.4 is 5.32 Å². The third-order valence-corrected chi connectivity index (χ3v) is 7.25. The molecular weight excluding hydrogens is 503 g/mol. The van der Waals surface area contributed by atoms with Crippen molar-refractivity contribution in [3.05, 3.63) is 35.4 Å². The lowest BCUT2D eigenvalue weighted by atomic mass is 10.0. The van der Waals surface area contributed by atoms with Crippen LogP contribution >= 0.6 is 24.0 Å². The highest BCUT2D eigenvalue weighted by Crippen LogP contribution is 2.18. The molecule has 1 N–H and O–H groups in total. The van der Waals surface area contributed by atoms with Crippen LogP contribution in [0.1, 0.15) is 30.9 Å². The highest BCUT2D eigenvalue weighted by Gasteiger charge is 2.25. The Hall–Kier alpha value is -0.910. The molecule has 2 saturated heterocycles. The molecule has 0 amide bonds. The van der Waals surface area contributed by atoms with Crippen molar-refractivity contribution in [3.63, 3.8) is 0 Å². The van der Waals surface area contributed by atoms with Crippen molar-refractivity contribution >= 4 is 40.0 Å². The van der Waals surface area contributed by atoms with E-state index in [4.69, 9.17) is 4.74 Å². The first-order chi connectivity index (χ1) is 13.5. The zero-order chi connectivity index (χ0) is 20.0. The number of aliphatic imine (C=N–C) groups is 1. The number of likely N-dealkylation sites (tertiary alicyclic amines) is 1. The van der Waals surface area contributed by atoms with Crippen molar-refractivity contribution in [1.82, 2.24) is 14.5 Å². The molecule has 1 unspecified atom stereocenters. The molecule has 29 heavy (non-hydrogen) atoms. The summed E-state index contributed by atoms with van der Waals surface area (Å²) in [6, 6.07) is 7.74. The number of hydrogen-bond donors (Lipinski definition) is 1. The number of nitrogens with one attached hydrogen (secondary N) is 1. The third kappa shape index (κ3) is 6.80. The maximum absolute atomic E-state index is 12.8. The number of morpholine rings is 1. The second-order valence-electron chi connectivity index (χ2n) is 7.63. The molecule has 2 heterocycles. The summed E-state index contributed by atoms with van der Waals surface area (Å²) < 4.78 is 32.4. The fourth-order valence-corrected chi connectivity index (χ4v) is 5.43. The Morgan fingerprint density at radius 2 is 1.90 bits per heavy atom. The van der Waals surface area contributed by atoms with E-state index in [1.807, 2.05) is 24.3 Å². The molecule has 0 spiro atoms. The zero-order valence-electron chi connectivity index (χ0n) is 17.3. The first kappa shape index (κ1) is 24.4. The molecule has 7 nitrogen and oxygen atoms in total. The predicted molar refractivity (Wildman–Crippen MR) is 127 cm³/mol. The first-order valence-electron chi connectivity index (χ1n) is 10.1. The maximum atomic E-state index is 12.8. The maximum Gasteiger partial charge on any atom is 0.218 e. The Labute approximate surface area is 192 Å². The SMILES string of the molecule is CN=C(NCc1ccccc1CS(=O)(=O)N1CCOCC1)N1CCCC(C)C1.I. The summed E-state index contributed by atoms with van der Waals surface area (Å²) in [5.74, 6) is 1.57. The molecule has 0 aliphatic carbocycles. The number of piperidine rings is 1. The molecule has 2 aliphatic rings. The van der Waals surface area contributed by atoms with Gasteiger partial charge in [0.15, 0.2) is 5.96 Å². The lowest BCUT2D eigenvalue weighted by Gasteiger charge is -2.33. The van der Waals surface area contributed by atoms with E-state index in [0.717, 1.165) is 30.2 Å². The minimum Gasteiger partial charge on any atom is -0.379 e. The lowest BCUT2D eigenvalue weighted by molar-refractivity contribution is 0.0729. The Morgan fingerprint density at radius 1 is 1.21 bits per heavy atom. The fourth-order valence-electron chi connectivity index (χ4n) is 3.87. The molecule has 1 atom stereocenters. The molecule has 0 radical (unpaired) electrons. The van der Waals surface area contributed by atoms with Gasteiger partial charge in [-0.15, -0.1) is 24.0 Å². The van der Waals surface area contributed by atoms with Crippen LogP contribution in [0.5, 0.6) is 0 Å². The number of sulfonamides is 1. The highest BCUT2D eigenvalue weighted by molar-refractivity contribution is 14.0. The summed E-state index contributed by atoms with van der Waals surface area (Å²) >= 11 is 0. The molecule has 0 bridgehead atoms. The van der Waals surface area contributed by atoms with Gasteiger partial charge in [-0.05, 0) is 29.9 Å². The van der Waals surface area contributed by atoms with Gasteiger partial charge >= 0.3 is 0 Å². The van der Waals surface area contributed by atoms with Gasteiger partial charge in [0.25, 0.3) is 0 Å². The molecule has 0 aromatic heterocycles. The largest absolute Gasteiger partial charge is 0.379 e. The topological polar surface area (TPSA) is 74.2 Å². The van der Waals surface area contributed by atoms with Crippen LogP contribution in [-0.2, 0) is 27.1 Å². The van der Waals surface area contributed by atoms with Gasteiger partial charge in [0.05, 0.1) is 19.0 Å². The zero-order valence-corrected chi connectivity index (χ0v) is 20.5. The van der Waals surface area contributed by atoms with E-state index in [1.165, 1.54) is 17.1 Å². The second kappa shape index (κ2) is 11.5. The van der Waals surface area contributed by atoms with Crippen molar-refractivity contribution in [2.45, 2.75) is 32.1 Å². The van der Waals surface area contributed by atoms with Gasteiger partial charge in [0.2, 0.25) is 10.0 Å². The van der Waals surface area contributed by atoms with Gasteiger partial charge in [0, 0.05) is 39.8 Å². The van der Waals surface area contributed by atoms with Gasteiger partial charge < -0.3 is 15.0 Å². The van der Waals surface area contributed by atoms with E-state index < -0.39 is 10.0 Å². The molecule has 1 aromatic rings. The van der Waals surface area contributed by atoms with Crippen LogP contribution in [0.2, 0.25) is 0 Å². The van der Waals surface area contributed by atoms with Crippen molar-refractivity contribution in [2.24, 2.45) is 10.9 Å². The first-order valence-corrected chi connectivity index (χ1v) is 11.7. The predicted octanol–water partition coefficient (Wildman–Crippen LogP) is 2.27. The molecule has 2 aliphatic heterocycles. The van der Waals surface area contributed by atoms with Crippen LogP contribution in [0.15, 0.2) is 29.3 Å². The van der Waals surface area contributed by atoms with Crippen LogP contribution in [0.3, 0.4) is 0 Å². The summed E-state index contributed by atoms with van der Waals surface area (Å²) in [7, 11) is -1.54. The van der Waals surface area contributed by atoms with E-state index >= 15 is 0 Å². The number of nitrogens with zero attached hydrogens (tertiary/aromatic N) is 3. The van der Waals surface area contributed by atoms with Crippen LogP contribution in [0.25, 0.3) is 0 Å². The smallest absolute Gasteiger partial charge is 0.218 e. The van der Waals surface area contributed by atoms with Crippen LogP contribution in [-0.4, -0.2) is 70.0 Å². The highest BCUT2D eigenvalue weighted by atomic mass is 127. The molecule has 9 heteroatoms. The Kier molecular flexibility index (Phi) is 9.64. The van der Waals surface area contributed by atoms with E-state index in [2.05, 4.69) is 22.1 Å². The van der Waals surface area contributed by atoms with Crippen molar-refractivity contribution < 1.29 is 13.2 Å². The Morgan fingerprint density at radius 3 is 2.55 bits per heavy atom. The van der Waals surface area contributed by atoms with Crippen LogP contribution in [0.4, 0.5) is 0 Å². The van der Waals surface area contributed by atoms with Gasteiger partial charge in [-0.2, -0.15) is 4.31 Å². The molecule has 2 fully saturated rings. The van der Waals surface area contributed by atoms with Crippen molar-refractivity contribution in [1.29, 1.82) is 0 Å². The summed E-state index contributed by atoms with van der Waals surface area (Å²) in [6.45, 7) is 6.65. The van der Waals surface area contributed by atoms with Gasteiger partial charge in [-0.1, -0.05) is 31.2 Å². The number of ether oxygens (including phenoxy) is 1. The Bertz CT molecular complexity index is 782. The van der Waals surface area contributed by atoms with Crippen LogP contribution in [0, 0.1) is 5.92 Å². The minimum absolute atomic E-state index is 0. The molecule has 0 saturated carbocycles. The summed E-state index contributed by atoms with van der Waals surface area (Å²) in [4.78, 5) is 6.72. The number of hydrogen-bond acceptors (Lipinski definition) is 4. The minimum atomic E-state index is -3.35. The van der Waals surface area contributed by atoms with E-state index in [9.17, 15) is 8.42 Å². The van der Waals surface area contributed by atoms with Gasteiger partial charge in [-0.25, -0.2) is 8.42 Å². The fraction of sp³-hybridized carbons (Fsp3) is 0.650. The molecule has 1 aromatic carbocycles. The summed E-state index contributed by atoms with van der Waals surface area (Å²) in [5.41, 5.74) is 1.83. The molecule has 3 rings (SSSR count). The van der Waals surface area contributed by atoms with E-state index in [-0.39, 0.29) is 29.7 Å². The number of guanidine groups is 1. The standard InChI is InChI=1S/C20H32N4O3S.HI/c1-17-6-5-9-23(15-17)20(21-2)22-14-18-7-3-4-8-19(18)16-28(25,26)24-10-12-27-13-11-24;/h3-4,7-8,17H,5-6,9-16H2,1-2H3,(H,21,22);1H. The van der Waals surface area contributed by atoms with Gasteiger partial charge in [-0.3, -0.25) is 4.99 Å². The van der Waals surface area contributed by atoms with E-state index in [1.54, 1.807) is 7.05 Å². The normalized spacial score (nSPS) is 21.5. The average molecular weight is 536 g/mol. The third-order valence-electron chi connectivity index (χ3n) is 5.43. The average Bonchev–Trinajstić information content (AvgIpc) is 2.70. The van der Waals surface area contributed by atoms with E-state index in [0.29, 0.717) is 38.8 Å². The van der Waals surface area contributed by atoms with Gasteiger partial charge in [0.1, 0.15) is 0 Å². The van der Waals surface area contributed by atoms with Crippen molar-refractivity contribution in [2.75, 3.05) is 46.4 Å². The summed E-state index contributed by atoms with van der Waals surface area (Å²) in [5, 5.41) is 3.43. The van der Waals surface area contributed by atoms with Crippen molar-refractivity contribution in [3.8, 4) is 0 Å². The monoisotopic (exact) mass is 536 g/mol. The molecular formula is C20H33IN4O3S. The number of rotatable bonds is 5. The number of halogens is 1. The number of benzene rings is 1. The second-order valence-corrected chi connectivity index (χ2v) is 9.60.